The van der Waals surface area contributed by atoms with E-state index in [9.17, 15) is 4.79 Å². The summed E-state index contributed by atoms with van der Waals surface area (Å²) < 4.78 is 0.784. The molecule has 0 saturated heterocycles. The lowest BCUT2D eigenvalue weighted by Crippen LogP contribution is -2.15. The van der Waals surface area contributed by atoms with Gasteiger partial charge >= 0.3 is 0 Å². The topological polar surface area (TPSA) is 55.1 Å². The predicted octanol–water partition coefficient (Wildman–Crippen LogP) is 3.90. The highest BCUT2D eigenvalue weighted by Gasteiger charge is 2.12. The van der Waals surface area contributed by atoms with Crippen LogP contribution < -0.4 is 11.1 Å². The van der Waals surface area contributed by atoms with Crippen LogP contribution in [0.15, 0.2) is 40.9 Å². The van der Waals surface area contributed by atoms with Gasteiger partial charge in [-0.3, -0.25) is 4.79 Å². The molecule has 0 atom stereocenters. The number of hydrogen-bond acceptors (Lipinski definition) is 2. The monoisotopic (exact) mass is 318 g/mol. The molecule has 0 bridgehead atoms. The van der Waals surface area contributed by atoms with Crippen molar-refractivity contribution >= 4 is 33.2 Å². The molecule has 0 fully saturated rings. The van der Waals surface area contributed by atoms with Crippen LogP contribution in [-0.4, -0.2) is 5.91 Å². The SMILES string of the molecule is Cc1cc(N)c(NC(=O)c2ccccc2C)c(Br)c1. The number of benzene rings is 2. The molecule has 0 aliphatic heterocycles. The molecule has 0 saturated carbocycles. The summed E-state index contributed by atoms with van der Waals surface area (Å²) in [4.78, 5) is 12.2. The highest BCUT2D eigenvalue weighted by atomic mass is 79.9. The second-order valence-electron chi connectivity index (χ2n) is 4.48. The molecule has 3 nitrogen and oxygen atoms in total. The number of amides is 1. The molecule has 0 aromatic heterocycles. The van der Waals surface area contributed by atoms with Crippen LogP contribution in [0.1, 0.15) is 21.5 Å². The molecule has 2 rings (SSSR count). The van der Waals surface area contributed by atoms with Gasteiger partial charge in [-0.1, -0.05) is 18.2 Å². The second-order valence-corrected chi connectivity index (χ2v) is 5.33. The second kappa shape index (κ2) is 5.45. The number of nitrogen functional groups attached to an aromatic ring is 1. The summed E-state index contributed by atoms with van der Waals surface area (Å²) in [6.07, 6.45) is 0. The van der Waals surface area contributed by atoms with Crippen molar-refractivity contribution in [3.63, 3.8) is 0 Å². The van der Waals surface area contributed by atoms with Gasteiger partial charge in [0.05, 0.1) is 11.4 Å². The first-order valence-corrected chi connectivity index (χ1v) is 6.71. The Bertz CT molecular complexity index is 615. The van der Waals surface area contributed by atoms with Crippen molar-refractivity contribution in [1.82, 2.24) is 0 Å². The van der Waals surface area contributed by atoms with Crippen molar-refractivity contribution in [3.05, 3.63) is 57.6 Å². The maximum atomic E-state index is 12.2. The number of hydrogen-bond donors (Lipinski definition) is 2. The number of nitrogens with one attached hydrogen (secondary N) is 1. The first-order chi connectivity index (χ1) is 8.99. The Balaban J connectivity index is 2.32. The molecule has 2 aromatic rings. The average Bonchev–Trinajstić information content (AvgIpc) is 2.34. The van der Waals surface area contributed by atoms with Gasteiger partial charge in [-0.05, 0) is 59.1 Å². The van der Waals surface area contributed by atoms with Crippen molar-refractivity contribution < 1.29 is 4.79 Å². The fraction of sp³-hybridized carbons (Fsp3) is 0.133. The van der Waals surface area contributed by atoms with Crippen molar-refractivity contribution in [2.45, 2.75) is 13.8 Å². The predicted molar refractivity (Wildman–Crippen MR) is 82.4 cm³/mol. The number of rotatable bonds is 2. The molecule has 4 heteroatoms. The van der Waals surface area contributed by atoms with E-state index in [0.29, 0.717) is 16.9 Å². The summed E-state index contributed by atoms with van der Waals surface area (Å²) in [5, 5.41) is 2.85. The molecule has 3 N–H and O–H groups in total. The molecule has 0 heterocycles. The summed E-state index contributed by atoms with van der Waals surface area (Å²) in [7, 11) is 0. The van der Waals surface area contributed by atoms with Gasteiger partial charge in [-0.2, -0.15) is 0 Å². The Labute approximate surface area is 121 Å². The average molecular weight is 319 g/mol. The number of carbonyl (C=O) groups is 1. The zero-order valence-corrected chi connectivity index (χ0v) is 12.4. The lowest BCUT2D eigenvalue weighted by molar-refractivity contribution is 0.102. The summed E-state index contributed by atoms with van der Waals surface area (Å²) in [5.74, 6) is -0.158. The maximum absolute atomic E-state index is 12.2. The maximum Gasteiger partial charge on any atom is 0.256 e. The third-order valence-corrected chi connectivity index (χ3v) is 3.52. The Morgan fingerprint density at radius 3 is 2.53 bits per heavy atom. The zero-order chi connectivity index (χ0) is 14.0. The van der Waals surface area contributed by atoms with Crippen molar-refractivity contribution in [3.8, 4) is 0 Å². The Morgan fingerprint density at radius 1 is 1.21 bits per heavy atom. The minimum absolute atomic E-state index is 0.158. The fourth-order valence-corrected chi connectivity index (χ4v) is 2.60. The van der Waals surface area contributed by atoms with E-state index in [4.69, 9.17) is 5.73 Å². The van der Waals surface area contributed by atoms with Gasteiger partial charge < -0.3 is 11.1 Å². The van der Waals surface area contributed by atoms with E-state index < -0.39 is 0 Å². The van der Waals surface area contributed by atoms with E-state index in [2.05, 4.69) is 21.2 Å². The number of anilines is 2. The van der Waals surface area contributed by atoms with Gasteiger partial charge in [0.25, 0.3) is 5.91 Å². The van der Waals surface area contributed by atoms with Crippen LogP contribution in [0.4, 0.5) is 11.4 Å². The Hall–Kier alpha value is -1.81. The lowest BCUT2D eigenvalue weighted by atomic mass is 10.1. The molecule has 0 aliphatic carbocycles. The van der Waals surface area contributed by atoms with Crippen LogP contribution >= 0.6 is 15.9 Å². The molecule has 19 heavy (non-hydrogen) atoms. The summed E-state index contributed by atoms with van der Waals surface area (Å²) in [5.41, 5.74) is 9.72. The smallest absolute Gasteiger partial charge is 0.256 e. The molecule has 98 valence electrons. The summed E-state index contributed by atoms with van der Waals surface area (Å²) in [6.45, 7) is 3.86. The highest BCUT2D eigenvalue weighted by molar-refractivity contribution is 9.10. The molecule has 0 spiro atoms. The number of carbonyl (C=O) groups excluding carboxylic acids is 1. The molecule has 0 radical (unpaired) electrons. The minimum Gasteiger partial charge on any atom is -0.397 e. The third-order valence-electron chi connectivity index (χ3n) is 2.89. The van der Waals surface area contributed by atoms with Crippen LogP contribution in [0.25, 0.3) is 0 Å². The minimum atomic E-state index is -0.158. The molecule has 0 aliphatic rings. The number of halogens is 1. The fourth-order valence-electron chi connectivity index (χ4n) is 1.91. The van der Waals surface area contributed by atoms with Gasteiger partial charge in [0.15, 0.2) is 0 Å². The molecule has 2 aromatic carbocycles. The van der Waals surface area contributed by atoms with Gasteiger partial charge in [-0.25, -0.2) is 0 Å². The van der Waals surface area contributed by atoms with E-state index in [0.717, 1.165) is 15.6 Å². The van der Waals surface area contributed by atoms with Gasteiger partial charge in [0, 0.05) is 10.0 Å². The lowest BCUT2D eigenvalue weighted by Gasteiger charge is -2.12. The van der Waals surface area contributed by atoms with E-state index in [1.165, 1.54) is 0 Å². The van der Waals surface area contributed by atoms with E-state index in [1.54, 1.807) is 6.07 Å². The van der Waals surface area contributed by atoms with Crippen molar-refractivity contribution in [1.29, 1.82) is 0 Å². The van der Waals surface area contributed by atoms with Gasteiger partial charge in [-0.15, -0.1) is 0 Å². The Morgan fingerprint density at radius 2 is 1.89 bits per heavy atom. The highest BCUT2D eigenvalue weighted by Crippen LogP contribution is 2.30. The number of nitrogens with two attached hydrogens (primary N) is 1. The summed E-state index contributed by atoms with van der Waals surface area (Å²) in [6, 6.07) is 11.2. The van der Waals surface area contributed by atoms with Crippen LogP contribution in [-0.2, 0) is 0 Å². The first-order valence-electron chi connectivity index (χ1n) is 5.91. The van der Waals surface area contributed by atoms with Crippen LogP contribution in [0.3, 0.4) is 0 Å². The third kappa shape index (κ3) is 2.96. The summed E-state index contributed by atoms with van der Waals surface area (Å²) >= 11 is 3.42. The van der Waals surface area contributed by atoms with Crippen LogP contribution in [0.2, 0.25) is 0 Å². The normalized spacial score (nSPS) is 10.3. The van der Waals surface area contributed by atoms with Gasteiger partial charge in [0.1, 0.15) is 0 Å². The van der Waals surface area contributed by atoms with E-state index in [-0.39, 0.29) is 5.91 Å². The quantitative estimate of drug-likeness (QED) is 0.825. The van der Waals surface area contributed by atoms with Gasteiger partial charge in [0.2, 0.25) is 0 Å². The first kappa shape index (κ1) is 13.6. The van der Waals surface area contributed by atoms with Crippen molar-refractivity contribution in [2.75, 3.05) is 11.1 Å². The Kier molecular flexibility index (Phi) is 3.90. The molecule has 0 unspecified atom stereocenters. The van der Waals surface area contributed by atoms with Crippen LogP contribution in [0.5, 0.6) is 0 Å². The molecular formula is C15H15BrN2O. The zero-order valence-electron chi connectivity index (χ0n) is 10.8. The van der Waals surface area contributed by atoms with E-state index in [1.807, 2.05) is 44.2 Å². The number of aryl methyl sites for hydroxylation is 2. The van der Waals surface area contributed by atoms with E-state index >= 15 is 0 Å². The largest absolute Gasteiger partial charge is 0.397 e. The molecule has 1 amide bonds. The van der Waals surface area contributed by atoms with Crippen LogP contribution in [0, 0.1) is 13.8 Å². The molecular weight excluding hydrogens is 304 g/mol. The van der Waals surface area contributed by atoms with Crippen molar-refractivity contribution in [2.24, 2.45) is 0 Å². The standard InChI is InChI=1S/C15H15BrN2O/c1-9-7-12(16)14(13(17)8-9)18-15(19)11-6-4-3-5-10(11)2/h3-8H,17H2,1-2H3,(H,18,19).